The van der Waals surface area contributed by atoms with E-state index in [1.54, 1.807) is 6.08 Å². The fraction of sp³-hybridized carbons (Fsp3) is 0.830. The molecule has 0 aromatic heterocycles. The number of amides is 1. The van der Waals surface area contributed by atoms with Crippen molar-refractivity contribution in [2.45, 2.75) is 269 Å². The van der Waals surface area contributed by atoms with Crippen molar-refractivity contribution in [1.29, 1.82) is 0 Å². The molecule has 1 fully saturated rings. The molecular weight excluding hydrogens is 779 g/mol. The van der Waals surface area contributed by atoms with Gasteiger partial charge < -0.3 is 40.3 Å². The van der Waals surface area contributed by atoms with Crippen LogP contribution in [0.2, 0.25) is 0 Å². The second-order valence-electron chi connectivity index (χ2n) is 17.9. The maximum Gasteiger partial charge on any atom is 0.220 e. The topological polar surface area (TPSA) is 149 Å². The van der Waals surface area contributed by atoms with E-state index in [1.165, 1.54) is 154 Å². The number of allylic oxidation sites excluding steroid dienone is 7. The molecule has 1 saturated heterocycles. The highest BCUT2D eigenvalue weighted by Gasteiger charge is 2.44. The van der Waals surface area contributed by atoms with Crippen LogP contribution in [0.25, 0.3) is 0 Å². The molecule has 62 heavy (non-hydrogen) atoms. The first-order valence-corrected chi connectivity index (χ1v) is 25.9. The highest BCUT2D eigenvalue weighted by Crippen LogP contribution is 2.23. The largest absolute Gasteiger partial charge is 0.394 e. The molecule has 7 atom stereocenters. The summed E-state index contributed by atoms with van der Waals surface area (Å²) in [6.45, 7) is 3.71. The Labute approximate surface area is 380 Å². The fourth-order valence-corrected chi connectivity index (χ4v) is 7.93. The van der Waals surface area contributed by atoms with E-state index in [0.29, 0.717) is 6.42 Å². The number of carbonyl (C=O) groups is 1. The molecule has 9 heteroatoms. The minimum atomic E-state index is -1.57. The molecule has 1 aliphatic rings. The van der Waals surface area contributed by atoms with Gasteiger partial charge in [0.2, 0.25) is 5.91 Å². The SMILES string of the molecule is CCCC/C=C/CC/C=C/CC/C=C/C(O)C(COC1OC(CO)C(O)C(O)C1O)NC(=O)CCCCCCCCCCCCC/C=C\CCCCCCCCCCCCCC. The summed E-state index contributed by atoms with van der Waals surface area (Å²) in [5, 5.41) is 54.2. The van der Waals surface area contributed by atoms with Crippen LogP contribution in [-0.2, 0) is 14.3 Å². The van der Waals surface area contributed by atoms with E-state index in [2.05, 4.69) is 55.6 Å². The maximum absolute atomic E-state index is 13.0. The van der Waals surface area contributed by atoms with Crippen molar-refractivity contribution in [3.05, 3.63) is 48.6 Å². The van der Waals surface area contributed by atoms with Crippen LogP contribution in [0.15, 0.2) is 48.6 Å². The first kappa shape index (κ1) is 58.2. The predicted octanol–water partition coefficient (Wildman–Crippen LogP) is 11.8. The van der Waals surface area contributed by atoms with Gasteiger partial charge in [-0.05, 0) is 64.2 Å². The van der Waals surface area contributed by atoms with Gasteiger partial charge in [0.1, 0.15) is 24.4 Å². The van der Waals surface area contributed by atoms with Gasteiger partial charge in [0.15, 0.2) is 6.29 Å². The van der Waals surface area contributed by atoms with E-state index in [-0.39, 0.29) is 12.5 Å². The monoisotopic (exact) mass is 876 g/mol. The molecule has 0 bridgehead atoms. The smallest absolute Gasteiger partial charge is 0.220 e. The number of aliphatic hydroxyl groups excluding tert-OH is 5. The molecule has 0 saturated carbocycles. The summed E-state index contributed by atoms with van der Waals surface area (Å²) in [5.74, 6) is -0.193. The minimum absolute atomic E-state index is 0.193. The van der Waals surface area contributed by atoms with Crippen LogP contribution in [0, 0.1) is 0 Å². The van der Waals surface area contributed by atoms with Crippen molar-refractivity contribution >= 4 is 5.91 Å². The zero-order valence-electron chi connectivity index (χ0n) is 39.9. The Kier molecular flexibility index (Phi) is 40.4. The highest BCUT2D eigenvalue weighted by atomic mass is 16.7. The summed E-state index contributed by atoms with van der Waals surface area (Å²) >= 11 is 0. The normalized spacial score (nSPS) is 20.7. The molecule has 9 nitrogen and oxygen atoms in total. The lowest BCUT2D eigenvalue weighted by molar-refractivity contribution is -0.302. The number of aliphatic hydroxyl groups is 5. The molecule has 1 amide bonds. The van der Waals surface area contributed by atoms with Crippen molar-refractivity contribution in [2.24, 2.45) is 0 Å². The number of nitrogens with one attached hydrogen (secondary N) is 1. The van der Waals surface area contributed by atoms with Gasteiger partial charge in [-0.15, -0.1) is 0 Å². The number of hydrogen-bond donors (Lipinski definition) is 6. The number of unbranched alkanes of at least 4 members (excludes halogenated alkanes) is 27. The molecule has 0 aromatic carbocycles. The molecule has 0 radical (unpaired) electrons. The Hall–Kier alpha value is -1.85. The van der Waals surface area contributed by atoms with Gasteiger partial charge in [-0.1, -0.05) is 204 Å². The van der Waals surface area contributed by atoms with Crippen molar-refractivity contribution in [2.75, 3.05) is 13.2 Å². The summed E-state index contributed by atoms with van der Waals surface area (Å²) in [6, 6.07) is -0.827. The molecule has 0 spiro atoms. The molecule has 7 unspecified atom stereocenters. The van der Waals surface area contributed by atoms with Crippen LogP contribution < -0.4 is 5.32 Å². The Bertz CT molecular complexity index is 1110. The molecule has 1 heterocycles. The lowest BCUT2D eigenvalue weighted by Gasteiger charge is -2.40. The van der Waals surface area contributed by atoms with Gasteiger partial charge in [0.25, 0.3) is 0 Å². The summed E-state index contributed by atoms with van der Waals surface area (Å²) in [7, 11) is 0. The van der Waals surface area contributed by atoms with Crippen LogP contribution in [0.4, 0.5) is 0 Å². The van der Waals surface area contributed by atoms with Gasteiger partial charge >= 0.3 is 0 Å². The van der Waals surface area contributed by atoms with Gasteiger partial charge in [-0.2, -0.15) is 0 Å². The third kappa shape index (κ3) is 32.8. The maximum atomic E-state index is 13.0. The van der Waals surface area contributed by atoms with E-state index >= 15 is 0 Å². The van der Waals surface area contributed by atoms with Gasteiger partial charge in [-0.3, -0.25) is 4.79 Å². The van der Waals surface area contributed by atoms with E-state index < -0.39 is 49.5 Å². The van der Waals surface area contributed by atoms with E-state index in [9.17, 15) is 30.3 Å². The molecule has 1 aliphatic heterocycles. The molecule has 0 aliphatic carbocycles. The Balaban J connectivity index is 2.21. The number of hydrogen-bond acceptors (Lipinski definition) is 8. The average Bonchev–Trinajstić information content (AvgIpc) is 3.27. The van der Waals surface area contributed by atoms with E-state index in [1.807, 2.05) is 6.08 Å². The quantitative estimate of drug-likeness (QED) is 0.0262. The van der Waals surface area contributed by atoms with E-state index in [4.69, 9.17) is 9.47 Å². The zero-order valence-corrected chi connectivity index (χ0v) is 39.9. The minimum Gasteiger partial charge on any atom is -0.394 e. The van der Waals surface area contributed by atoms with Gasteiger partial charge in [0.05, 0.1) is 25.4 Å². The Morgan fingerprint density at radius 3 is 1.40 bits per heavy atom. The predicted molar refractivity (Wildman–Crippen MR) is 258 cm³/mol. The second-order valence-corrected chi connectivity index (χ2v) is 17.9. The van der Waals surface area contributed by atoms with Crippen molar-refractivity contribution in [3.8, 4) is 0 Å². The standard InChI is InChI=1S/C53H97NO8/c1-3-5-7-9-11-13-15-17-18-19-20-21-22-23-24-25-26-27-28-29-30-31-33-35-37-39-41-43-49(57)54-46(45-61-53-52(60)51(59)50(58)48(44-55)62-53)47(56)42-40-38-36-34-32-16-14-12-10-8-6-4-2/h10,12,23-24,32,34,40,42,46-48,50-53,55-56,58-60H,3-9,11,13-22,25-31,33,35-39,41,43-45H2,1-2H3,(H,54,57)/b12-10+,24-23-,34-32+,42-40+. The molecular formula is C53H97NO8. The Morgan fingerprint density at radius 2 is 0.935 bits per heavy atom. The first-order valence-electron chi connectivity index (χ1n) is 25.9. The Morgan fingerprint density at radius 1 is 0.532 bits per heavy atom. The van der Waals surface area contributed by atoms with Gasteiger partial charge in [0, 0.05) is 6.42 Å². The van der Waals surface area contributed by atoms with Crippen molar-refractivity contribution in [3.63, 3.8) is 0 Å². The highest BCUT2D eigenvalue weighted by molar-refractivity contribution is 5.76. The van der Waals surface area contributed by atoms with Crippen LogP contribution in [0.1, 0.15) is 226 Å². The summed E-state index contributed by atoms with van der Waals surface area (Å²) in [4.78, 5) is 13.0. The average molecular weight is 876 g/mol. The number of ether oxygens (including phenoxy) is 2. The molecule has 1 rings (SSSR count). The van der Waals surface area contributed by atoms with Crippen LogP contribution in [0.3, 0.4) is 0 Å². The molecule has 6 N–H and O–H groups in total. The third-order valence-corrected chi connectivity index (χ3v) is 12.1. The van der Waals surface area contributed by atoms with E-state index in [0.717, 1.165) is 51.4 Å². The van der Waals surface area contributed by atoms with Gasteiger partial charge in [-0.25, -0.2) is 0 Å². The van der Waals surface area contributed by atoms with Crippen molar-refractivity contribution < 1.29 is 39.8 Å². The number of rotatable bonds is 43. The first-order chi connectivity index (χ1) is 30.3. The van der Waals surface area contributed by atoms with Crippen LogP contribution in [-0.4, -0.2) is 87.5 Å². The number of carbonyl (C=O) groups excluding carboxylic acids is 1. The third-order valence-electron chi connectivity index (χ3n) is 12.1. The second kappa shape index (κ2) is 43.1. The molecule has 0 aromatic rings. The van der Waals surface area contributed by atoms with Crippen molar-refractivity contribution in [1.82, 2.24) is 5.32 Å². The summed E-state index contributed by atoms with van der Waals surface area (Å²) < 4.78 is 11.2. The lowest BCUT2D eigenvalue weighted by atomic mass is 9.99. The molecule has 362 valence electrons. The van der Waals surface area contributed by atoms with Crippen LogP contribution in [0.5, 0.6) is 0 Å². The summed E-state index contributed by atoms with van der Waals surface area (Å²) in [5.41, 5.74) is 0. The lowest BCUT2D eigenvalue weighted by Crippen LogP contribution is -2.60. The van der Waals surface area contributed by atoms with Crippen LogP contribution >= 0.6 is 0 Å². The fourth-order valence-electron chi connectivity index (χ4n) is 7.93. The zero-order chi connectivity index (χ0) is 45.1. The summed E-state index contributed by atoms with van der Waals surface area (Å²) in [6.07, 6.45) is 49.0.